The Morgan fingerprint density at radius 1 is 0.614 bits per heavy atom. The molecule has 1 fully saturated rings. The van der Waals surface area contributed by atoms with E-state index >= 15 is 0 Å². The van der Waals surface area contributed by atoms with Crippen molar-refractivity contribution in [2.45, 2.75) is 35.8 Å². The van der Waals surface area contributed by atoms with Gasteiger partial charge in [-0.1, -0.05) is 6.07 Å². The van der Waals surface area contributed by atoms with Crippen molar-refractivity contribution < 1.29 is 105 Å². The summed E-state index contributed by atoms with van der Waals surface area (Å²) in [6.07, 6.45) is -10.6. The van der Waals surface area contributed by atoms with Gasteiger partial charge in [0.05, 0.1) is 0 Å². The minimum Gasteiger partial charge on any atom is -0.504 e. The summed E-state index contributed by atoms with van der Waals surface area (Å²) in [5, 5.41) is 157. The van der Waals surface area contributed by atoms with Crippen LogP contribution in [0, 0.1) is 0 Å². The van der Waals surface area contributed by atoms with Crippen molar-refractivity contribution >= 4 is 29.4 Å². The second-order valence-corrected chi connectivity index (χ2v) is 12.5. The number of hydrogen-bond donors (Lipinski definition) is 15. The second-order valence-electron chi connectivity index (χ2n) is 12.5. The molecule has 0 spiro atoms. The van der Waals surface area contributed by atoms with Crippen LogP contribution in [0.3, 0.4) is 0 Å². The molecule has 4 aromatic rings. The number of phenols is 11. The molecule has 57 heavy (non-hydrogen) atoms. The number of carbonyl (C=O) groups excluding carboxylic acids is 4. The number of aromatic hydroxyl groups is 11. The lowest BCUT2D eigenvalue weighted by Crippen LogP contribution is -2.81. The largest absolute Gasteiger partial charge is 0.504 e. The molecule has 0 amide bonds. The minimum absolute atomic E-state index is 0.0444. The van der Waals surface area contributed by atoms with Gasteiger partial charge in [0, 0.05) is 17.2 Å². The van der Waals surface area contributed by atoms with Crippen molar-refractivity contribution in [1.29, 1.82) is 0 Å². The van der Waals surface area contributed by atoms with Gasteiger partial charge >= 0.3 is 5.97 Å². The van der Waals surface area contributed by atoms with Crippen LogP contribution in [0.2, 0.25) is 0 Å². The first kappa shape index (κ1) is 40.9. The fourth-order valence-corrected chi connectivity index (χ4v) is 5.86. The van der Waals surface area contributed by atoms with Crippen molar-refractivity contribution in [3.8, 4) is 63.2 Å². The van der Waals surface area contributed by atoms with E-state index in [-0.39, 0.29) is 5.56 Å². The van der Waals surface area contributed by atoms with E-state index in [0.717, 1.165) is 18.2 Å². The Labute approximate surface area is 316 Å². The number of rotatable bonds is 10. The Morgan fingerprint density at radius 3 is 1.51 bits per heavy atom. The van der Waals surface area contributed by atoms with Crippen molar-refractivity contribution in [3.63, 3.8) is 0 Å². The van der Waals surface area contributed by atoms with Crippen molar-refractivity contribution in [3.05, 3.63) is 82.9 Å². The molecule has 0 radical (unpaired) electrons. The Hall–Kier alpha value is -7.30. The zero-order valence-corrected chi connectivity index (χ0v) is 28.3. The number of esters is 1. The molecule has 0 bridgehead atoms. The van der Waals surface area contributed by atoms with Crippen molar-refractivity contribution in [2.24, 2.45) is 0 Å². The summed E-state index contributed by atoms with van der Waals surface area (Å²) in [6, 6.07) is 5.53. The number of phenolic OH excluding ortho intramolecular Hbond substituents is 11. The normalized spacial score (nSPS) is 22.5. The van der Waals surface area contributed by atoms with Gasteiger partial charge in [-0.25, -0.2) is 4.79 Å². The highest BCUT2D eigenvalue weighted by atomic mass is 16.7. The third-order valence-corrected chi connectivity index (χ3v) is 8.85. The average molecular weight is 799 g/mol. The summed E-state index contributed by atoms with van der Waals surface area (Å²) in [7, 11) is 0. The van der Waals surface area contributed by atoms with Gasteiger partial charge in [-0.3, -0.25) is 14.4 Å². The number of aliphatic hydroxyl groups excluding tert-OH is 2. The Bertz CT molecular complexity index is 2280. The molecule has 6 atom stereocenters. The Balaban J connectivity index is 1.74. The van der Waals surface area contributed by atoms with E-state index in [1.165, 1.54) is 6.07 Å². The maximum atomic E-state index is 14.4. The molecule has 1 unspecified atom stereocenters. The number of carbonyl (C=O) groups is 4. The van der Waals surface area contributed by atoms with Crippen LogP contribution < -0.4 is 0 Å². The van der Waals surface area contributed by atoms with E-state index in [9.17, 15) is 95.8 Å². The summed E-state index contributed by atoms with van der Waals surface area (Å²) in [6.45, 7) is 0. The van der Waals surface area contributed by atoms with E-state index < -0.39 is 139 Å². The molecular formula is C36H30O21. The molecule has 21 heteroatoms. The molecule has 5 rings (SSSR count). The van der Waals surface area contributed by atoms with Crippen LogP contribution in [0.4, 0.5) is 0 Å². The first-order chi connectivity index (χ1) is 26.5. The molecular weight excluding hydrogens is 768 g/mol. The van der Waals surface area contributed by atoms with Gasteiger partial charge in [-0.15, -0.1) is 0 Å². The maximum absolute atomic E-state index is 14.4. The second kappa shape index (κ2) is 14.7. The van der Waals surface area contributed by atoms with Gasteiger partial charge in [0.15, 0.2) is 86.8 Å². The molecule has 0 saturated carbocycles. The number of ketones is 3. The minimum atomic E-state index is -4.36. The third kappa shape index (κ3) is 6.94. The molecule has 4 aromatic carbocycles. The molecule has 21 nitrogen and oxygen atoms in total. The number of ether oxygens (including phenoxy) is 2. The molecule has 1 aliphatic heterocycles. The number of aliphatic hydroxyl groups is 4. The summed E-state index contributed by atoms with van der Waals surface area (Å²) in [5.41, 5.74) is -11.8. The summed E-state index contributed by atoms with van der Waals surface area (Å²) < 4.78 is 10.4. The standard InChI is InChI=1S/C36H30O21/c37-16-3-1-12(5-17(16)38)2-4-24(45)56-34-32(53)35(54,30(51)14-8-20(41)27(48)21(42)9-14)36(55,31(52)15-10-22(43)28(49)23(44)11-15)33(57-34)29(50)25(46)13-6-18(39)26(47)19(40)7-13/h1-11,25,32-34,37-44,46-49,53-55H/t25?,32-,33+,34+,35+,36+/m0/s1. The topological polar surface area (TPSA) is 390 Å². The lowest BCUT2D eigenvalue weighted by Gasteiger charge is -2.52. The van der Waals surface area contributed by atoms with Crippen molar-refractivity contribution in [1.82, 2.24) is 0 Å². The summed E-state index contributed by atoms with van der Waals surface area (Å²) >= 11 is 0. The fourth-order valence-electron chi connectivity index (χ4n) is 5.86. The summed E-state index contributed by atoms with van der Waals surface area (Å²) in [4.78, 5) is 55.9. The molecule has 0 aromatic heterocycles. The van der Waals surface area contributed by atoms with Crippen LogP contribution in [0.15, 0.2) is 60.7 Å². The van der Waals surface area contributed by atoms with Crippen LogP contribution in [0.5, 0.6) is 63.2 Å². The SMILES string of the molecule is O=C(C=Cc1ccc(O)c(O)c1)O[C@@H]1O[C@H](C(=O)C(O)c2cc(O)c(O)c(O)c2)[C@](O)(C(=O)c2cc(O)c(O)c(O)c2)[C@@](O)(C(=O)c2cc(O)c(O)c(O)c2)[C@H]1O. The van der Waals surface area contributed by atoms with E-state index in [1.807, 2.05) is 0 Å². The Morgan fingerprint density at radius 2 is 1.05 bits per heavy atom. The van der Waals surface area contributed by atoms with Crippen LogP contribution in [0.25, 0.3) is 6.08 Å². The van der Waals surface area contributed by atoms with Gasteiger partial charge in [-0.05, 0) is 65.7 Å². The zero-order valence-electron chi connectivity index (χ0n) is 28.3. The zero-order chi connectivity index (χ0) is 42.5. The van der Waals surface area contributed by atoms with Gasteiger partial charge < -0.3 is 86.1 Å². The highest BCUT2D eigenvalue weighted by molar-refractivity contribution is 6.16. The monoisotopic (exact) mass is 798 g/mol. The number of benzene rings is 4. The van der Waals surface area contributed by atoms with Crippen LogP contribution in [0.1, 0.15) is 37.9 Å². The van der Waals surface area contributed by atoms with Gasteiger partial charge in [0.25, 0.3) is 0 Å². The van der Waals surface area contributed by atoms with E-state index in [2.05, 4.69) is 0 Å². The number of Topliss-reactive ketones (excluding diaryl/α,β-unsaturated/α-hetero) is 3. The van der Waals surface area contributed by atoms with Gasteiger partial charge in [0.2, 0.25) is 23.5 Å². The lowest BCUT2D eigenvalue weighted by molar-refractivity contribution is -0.317. The molecule has 1 aliphatic rings. The smallest absolute Gasteiger partial charge is 0.333 e. The van der Waals surface area contributed by atoms with E-state index in [0.29, 0.717) is 42.5 Å². The lowest BCUT2D eigenvalue weighted by atomic mass is 9.64. The van der Waals surface area contributed by atoms with Gasteiger partial charge in [0.1, 0.15) is 6.10 Å². The van der Waals surface area contributed by atoms with Crippen LogP contribution in [-0.2, 0) is 19.1 Å². The highest BCUT2D eigenvalue weighted by Gasteiger charge is 2.74. The molecule has 1 saturated heterocycles. The average Bonchev–Trinajstić information content (AvgIpc) is 3.16. The quantitative estimate of drug-likeness (QED) is 0.0421. The van der Waals surface area contributed by atoms with E-state index in [1.54, 1.807) is 0 Å². The summed E-state index contributed by atoms with van der Waals surface area (Å²) in [5.74, 6) is -20.0. The predicted octanol–water partition coefficient (Wildman–Crippen LogP) is -0.379. The first-order valence-corrected chi connectivity index (χ1v) is 15.8. The van der Waals surface area contributed by atoms with Crippen LogP contribution in [-0.4, -0.2) is 130 Å². The first-order valence-electron chi connectivity index (χ1n) is 15.8. The molecule has 0 aliphatic carbocycles. The fraction of sp³-hybridized carbons (Fsp3) is 0.167. The van der Waals surface area contributed by atoms with Crippen LogP contribution >= 0.6 is 0 Å². The molecule has 300 valence electrons. The van der Waals surface area contributed by atoms with Crippen molar-refractivity contribution in [2.75, 3.05) is 0 Å². The maximum Gasteiger partial charge on any atom is 0.333 e. The van der Waals surface area contributed by atoms with E-state index in [4.69, 9.17) is 9.47 Å². The number of hydrogen-bond acceptors (Lipinski definition) is 21. The molecule has 15 N–H and O–H groups in total. The predicted molar refractivity (Wildman–Crippen MR) is 182 cm³/mol. The Kier molecular flexibility index (Phi) is 10.6. The molecule has 1 heterocycles. The van der Waals surface area contributed by atoms with Gasteiger partial charge in [-0.2, -0.15) is 0 Å². The highest BCUT2D eigenvalue weighted by Crippen LogP contribution is 2.48. The third-order valence-electron chi connectivity index (χ3n) is 8.85.